The number of aromatic nitrogens is 3. The zero-order chi connectivity index (χ0) is 33.4. The van der Waals surface area contributed by atoms with Crippen molar-refractivity contribution in [3.8, 4) is 22.6 Å². The summed E-state index contributed by atoms with van der Waals surface area (Å²) in [4.78, 5) is 39.4. The van der Waals surface area contributed by atoms with Crippen molar-refractivity contribution in [2.24, 2.45) is 0 Å². The second-order valence-corrected chi connectivity index (χ2v) is 12.9. The van der Waals surface area contributed by atoms with Crippen molar-refractivity contribution in [2.75, 3.05) is 30.3 Å². The molecule has 2 aromatic carbocycles. The minimum Gasteiger partial charge on any atom is -0.487 e. The number of carbonyl (C=O) groups is 1. The first-order valence-electron chi connectivity index (χ1n) is 14.5. The Morgan fingerprint density at radius 3 is 2.57 bits per heavy atom. The van der Waals surface area contributed by atoms with Crippen LogP contribution in [-0.4, -0.2) is 57.1 Å². The summed E-state index contributed by atoms with van der Waals surface area (Å²) in [7, 11) is 0. The number of hydrogen-bond acceptors (Lipinski definition) is 7. The van der Waals surface area contributed by atoms with Crippen LogP contribution in [0.3, 0.4) is 0 Å². The molecule has 14 heteroatoms. The molecular formula is C32H29Cl3F2N6O3. The predicted octanol–water partition coefficient (Wildman–Crippen LogP) is 6.68. The van der Waals surface area contributed by atoms with Gasteiger partial charge in [-0.05, 0) is 43.5 Å². The van der Waals surface area contributed by atoms with Gasteiger partial charge < -0.3 is 20.3 Å². The maximum atomic E-state index is 17.0. The van der Waals surface area contributed by atoms with Gasteiger partial charge in [0.25, 0.3) is 0 Å². The first-order chi connectivity index (χ1) is 21.8. The highest BCUT2D eigenvalue weighted by Gasteiger charge is 2.41. The number of nitrogens with zero attached hydrogens (tertiary/aromatic N) is 5. The molecular weight excluding hydrogens is 661 g/mol. The number of aryl methyl sites for hydroxylation is 1. The Bertz CT molecular complexity index is 2010. The fraction of sp³-hybridized carbons (Fsp3) is 0.312. The number of nitrogen functional groups attached to an aromatic ring is 1. The van der Waals surface area contributed by atoms with E-state index in [2.05, 4.69) is 16.5 Å². The SMILES string of the molecule is C=CC(=O)N1CC2COc3c(F)c(-c4c(N)c(Cl)cc(Cl)c4F)c(Cl)c4c3c(nc(=O)n4-c3c(C)ccnc3C(C)C)N2CC1C. The number of fused-ring (bicyclic) bond motifs is 2. The number of nitrogens with two attached hydrogens (primary N) is 1. The van der Waals surface area contributed by atoms with Gasteiger partial charge in [0.05, 0.1) is 49.1 Å². The van der Waals surface area contributed by atoms with E-state index < -0.39 is 39.5 Å². The van der Waals surface area contributed by atoms with Crippen LogP contribution in [-0.2, 0) is 4.79 Å². The van der Waals surface area contributed by atoms with Gasteiger partial charge in [0.15, 0.2) is 17.4 Å². The number of hydrogen-bond donors (Lipinski definition) is 1. The smallest absolute Gasteiger partial charge is 0.354 e. The Labute approximate surface area is 278 Å². The van der Waals surface area contributed by atoms with Gasteiger partial charge in [-0.2, -0.15) is 4.98 Å². The molecule has 2 N–H and O–H groups in total. The van der Waals surface area contributed by atoms with Crippen LogP contribution in [0.25, 0.3) is 27.7 Å². The van der Waals surface area contributed by atoms with Crippen LogP contribution in [0.15, 0.2) is 35.8 Å². The lowest BCUT2D eigenvalue weighted by molar-refractivity contribution is -0.129. The molecule has 6 rings (SSSR count). The van der Waals surface area contributed by atoms with E-state index in [0.717, 1.165) is 6.07 Å². The Balaban J connectivity index is 1.79. The number of anilines is 2. The highest BCUT2D eigenvalue weighted by molar-refractivity contribution is 6.40. The summed E-state index contributed by atoms with van der Waals surface area (Å²) in [6.45, 7) is 11.4. The molecule has 240 valence electrons. The van der Waals surface area contributed by atoms with Crippen LogP contribution in [0.5, 0.6) is 5.75 Å². The molecule has 46 heavy (non-hydrogen) atoms. The fourth-order valence-corrected chi connectivity index (χ4v) is 7.14. The minimum atomic E-state index is -1.06. The van der Waals surface area contributed by atoms with Gasteiger partial charge >= 0.3 is 5.69 Å². The first kappa shape index (κ1) is 32.0. The average Bonchev–Trinajstić information content (AvgIpc) is 3.16. The molecule has 2 aliphatic rings. The molecule has 9 nitrogen and oxygen atoms in total. The summed E-state index contributed by atoms with van der Waals surface area (Å²) in [6, 6.07) is 1.98. The summed E-state index contributed by atoms with van der Waals surface area (Å²) in [6.07, 6.45) is 2.85. The molecule has 0 saturated carbocycles. The van der Waals surface area contributed by atoms with Crippen molar-refractivity contribution in [1.29, 1.82) is 0 Å². The Hall–Kier alpha value is -3.93. The number of amides is 1. The van der Waals surface area contributed by atoms with E-state index in [-0.39, 0.29) is 75.8 Å². The molecule has 4 aromatic rings. The fourth-order valence-electron chi connectivity index (χ4n) is 6.32. The second kappa shape index (κ2) is 11.7. The van der Waals surface area contributed by atoms with Crippen molar-refractivity contribution < 1.29 is 18.3 Å². The van der Waals surface area contributed by atoms with E-state index in [9.17, 15) is 9.59 Å². The molecule has 0 radical (unpaired) electrons. The molecule has 4 heterocycles. The largest absolute Gasteiger partial charge is 0.487 e. The van der Waals surface area contributed by atoms with E-state index in [0.29, 0.717) is 16.9 Å². The van der Waals surface area contributed by atoms with E-state index >= 15 is 8.78 Å². The van der Waals surface area contributed by atoms with Gasteiger partial charge in [-0.1, -0.05) is 55.2 Å². The van der Waals surface area contributed by atoms with Crippen LogP contribution < -0.4 is 21.1 Å². The minimum absolute atomic E-state index is 0.00821. The summed E-state index contributed by atoms with van der Waals surface area (Å²) in [5.74, 6) is -2.74. The number of piperazine rings is 1. The normalized spacial score (nSPS) is 17.6. The van der Waals surface area contributed by atoms with Gasteiger partial charge in [0.1, 0.15) is 12.4 Å². The zero-order valence-electron chi connectivity index (χ0n) is 25.3. The van der Waals surface area contributed by atoms with Crippen molar-refractivity contribution in [2.45, 2.75) is 45.7 Å². The molecule has 0 spiro atoms. The zero-order valence-corrected chi connectivity index (χ0v) is 27.6. The molecule has 2 aliphatic heterocycles. The molecule has 1 saturated heterocycles. The molecule has 2 atom stereocenters. The molecule has 1 amide bonds. The third-order valence-corrected chi connectivity index (χ3v) is 9.48. The van der Waals surface area contributed by atoms with Crippen LogP contribution in [0.4, 0.5) is 20.3 Å². The van der Waals surface area contributed by atoms with E-state index in [1.165, 1.54) is 10.6 Å². The monoisotopic (exact) mass is 688 g/mol. The van der Waals surface area contributed by atoms with Crippen molar-refractivity contribution in [3.63, 3.8) is 0 Å². The van der Waals surface area contributed by atoms with Gasteiger partial charge in [-0.3, -0.25) is 14.3 Å². The molecule has 2 unspecified atom stereocenters. The van der Waals surface area contributed by atoms with Crippen molar-refractivity contribution >= 4 is 63.1 Å². The lowest BCUT2D eigenvalue weighted by atomic mass is 9.98. The van der Waals surface area contributed by atoms with Gasteiger partial charge in [-0.15, -0.1) is 0 Å². The molecule has 1 fully saturated rings. The Morgan fingerprint density at radius 2 is 1.89 bits per heavy atom. The van der Waals surface area contributed by atoms with Gasteiger partial charge in [-0.25, -0.2) is 13.6 Å². The topological polar surface area (TPSA) is 107 Å². The van der Waals surface area contributed by atoms with Crippen LogP contribution in [0.1, 0.15) is 37.9 Å². The second-order valence-electron chi connectivity index (χ2n) is 11.7. The summed E-state index contributed by atoms with van der Waals surface area (Å²) < 4.78 is 40.2. The van der Waals surface area contributed by atoms with Crippen molar-refractivity contribution in [1.82, 2.24) is 19.4 Å². The van der Waals surface area contributed by atoms with E-state index in [1.807, 2.05) is 25.7 Å². The standard InChI is InChI=1S/C32H29Cl3F2N6O3/c1-6-19(44)41-11-16-12-46-30-22-29(23(35)20(25(30)37)21-24(36)17(33)9-18(34)26(21)38)43(28-14(4)7-8-39-27(28)13(2)3)32(45)40-31(22)42(16)10-15(41)5/h6-9,13,15-16H,1,10-12,38H2,2-5H3. The maximum Gasteiger partial charge on any atom is 0.354 e. The summed E-state index contributed by atoms with van der Waals surface area (Å²) in [5, 5.41) is -0.781. The highest BCUT2D eigenvalue weighted by Crippen LogP contribution is 2.51. The number of ether oxygens (including phenoxy) is 1. The Kier molecular flexibility index (Phi) is 8.15. The molecule has 0 aliphatic carbocycles. The third-order valence-electron chi connectivity index (χ3n) is 8.53. The predicted molar refractivity (Wildman–Crippen MR) is 177 cm³/mol. The van der Waals surface area contributed by atoms with Crippen LogP contribution in [0, 0.1) is 18.6 Å². The van der Waals surface area contributed by atoms with Gasteiger partial charge in [0.2, 0.25) is 5.91 Å². The first-order valence-corrected chi connectivity index (χ1v) is 15.6. The van der Waals surface area contributed by atoms with Crippen molar-refractivity contribution in [3.05, 3.63) is 79.4 Å². The molecule has 2 aromatic heterocycles. The third kappa shape index (κ3) is 4.78. The lowest BCUT2D eigenvalue weighted by Crippen LogP contribution is -2.60. The highest BCUT2D eigenvalue weighted by atomic mass is 35.5. The quantitative estimate of drug-likeness (QED) is 0.145. The summed E-state index contributed by atoms with van der Waals surface area (Å²) >= 11 is 19.5. The number of benzene rings is 2. The summed E-state index contributed by atoms with van der Waals surface area (Å²) in [5.41, 5.74) is 5.83. The maximum absolute atomic E-state index is 17.0. The lowest BCUT2D eigenvalue weighted by Gasteiger charge is -2.44. The number of rotatable bonds is 4. The van der Waals surface area contributed by atoms with E-state index in [1.54, 1.807) is 24.1 Å². The van der Waals surface area contributed by atoms with Crippen LogP contribution in [0.2, 0.25) is 15.1 Å². The molecule has 0 bridgehead atoms. The number of pyridine rings is 1. The number of halogens is 5. The van der Waals surface area contributed by atoms with Gasteiger partial charge in [0, 0.05) is 36.5 Å². The Morgan fingerprint density at radius 1 is 1.17 bits per heavy atom. The average molecular weight is 690 g/mol. The van der Waals surface area contributed by atoms with E-state index in [4.69, 9.17) is 45.3 Å². The van der Waals surface area contributed by atoms with Crippen LogP contribution >= 0.6 is 34.8 Å². The number of carbonyl (C=O) groups excluding carboxylic acids is 1.